The third-order valence-electron chi connectivity index (χ3n) is 9.40. The second-order valence-electron chi connectivity index (χ2n) is 12.0. The van der Waals surface area contributed by atoms with Gasteiger partial charge in [0.25, 0.3) is 0 Å². The molecule has 222 valence electrons. The molecule has 0 aliphatic rings. The first kappa shape index (κ1) is 27.4. The second-order valence-corrected chi connectivity index (χ2v) is 12.0. The molecule has 0 radical (unpaired) electrons. The van der Waals surface area contributed by atoms with E-state index in [1.807, 2.05) is 36.4 Å². The van der Waals surface area contributed by atoms with Crippen molar-refractivity contribution in [2.75, 3.05) is 0 Å². The number of aromatic nitrogens is 2. The summed E-state index contributed by atoms with van der Waals surface area (Å²) in [5.74, 6) is 0. The molecular weight excluding hydrogens is 585 g/mol. The van der Waals surface area contributed by atoms with Gasteiger partial charge in [-0.2, -0.15) is 10.5 Å². The fourth-order valence-corrected chi connectivity index (χ4v) is 7.28. The molecule has 0 amide bonds. The van der Waals surface area contributed by atoms with E-state index in [-0.39, 0.29) is 0 Å². The minimum absolute atomic E-state index is 0.575. The van der Waals surface area contributed by atoms with Crippen molar-refractivity contribution in [3.05, 3.63) is 169 Å². The Morgan fingerprint density at radius 3 is 1.31 bits per heavy atom. The lowest BCUT2D eigenvalue weighted by atomic mass is 9.91. The van der Waals surface area contributed by atoms with Crippen LogP contribution >= 0.6 is 0 Å². The van der Waals surface area contributed by atoms with Gasteiger partial charge in [0, 0.05) is 32.8 Å². The Kier molecular flexibility index (Phi) is 6.22. The Balaban J connectivity index is 1.26. The molecule has 4 nitrogen and oxygen atoms in total. The van der Waals surface area contributed by atoms with E-state index in [9.17, 15) is 10.5 Å². The van der Waals surface area contributed by atoms with E-state index in [1.165, 1.54) is 21.5 Å². The summed E-state index contributed by atoms with van der Waals surface area (Å²) in [4.78, 5) is 0. The van der Waals surface area contributed by atoms with Crippen LogP contribution in [0.4, 0.5) is 0 Å². The van der Waals surface area contributed by atoms with E-state index in [1.54, 1.807) is 0 Å². The average molecular weight is 611 g/mol. The molecule has 0 spiro atoms. The lowest BCUT2D eigenvalue weighted by molar-refractivity contribution is 1.18. The Bertz CT molecular complexity index is 2690. The van der Waals surface area contributed by atoms with Crippen molar-refractivity contribution >= 4 is 43.6 Å². The maximum absolute atomic E-state index is 10.0. The molecule has 0 unspecified atom stereocenters. The number of para-hydroxylation sites is 4. The van der Waals surface area contributed by atoms with E-state index < -0.39 is 0 Å². The van der Waals surface area contributed by atoms with Crippen molar-refractivity contribution in [3.63, 3.8) is 0 Å². The first-order chi connectivity index (χ1) is 23.7. The van der Waals surface area contributed by atoms with Gasteiger partial charge in [-0.05, 0) is 83.4 Å². The van der Waals surface area contributed by atoms with Crippen molar-refractivity contribution < 1.29 is 0 Å². The highest BCUT2D eigenvalue weighted by atomic mass is 15.0. The molecule has 9 rings (SSSR count). The van der Waals surface area contributed by atoms with Gasteiger partial charge in [0.1, 0.15) is 0 Å². The van der Waals surface area contributed by atoms with Crippen molar-refractivity contribution in [2.24, 2.45) is 0 Å². The monoisotopic (exact) mass is 610 g/mol. The van der Waals surface area contributed by atoms with Crippen LogP contribution in [-0.4, -0.2) is 9.13 Å². The zero-order valence-corrected chi connectivity index (χ0v) is 25.8. The van der Waals surface area contributed by atoms with E-state index in [0.29, 0.717) is 11.1 Å². The number of nitriles is 2. The van der Waals surface area contributed by atoms with Gasteiger partial charge in [0.05, 0.1) is 51.0 Å². The average Bonchev–Trinajstić information content (AvgIpc) is 3.67. The summed E-state index contributed by atoms with van der Waals surface area (Å²) in [5, 5.41) is 24.8. The minimum atomic E-state index is 0.575. The molecule has 0 atom stereocenters. The molecule has 0 saturated carbocycles. The first-order valence-electron chi connectivity index (χ1n) is 15.9. The number of rotatable bonds is 4. The quantitative estimate of drug-likeness (QED) is 0.199. The van der Waals surface area contributed by atoms with Gasteiger partial charge >= 0.3 is 0 Å². The lowest BCUT2D eigenvalue weighted by Crippen LogP contribution is -1.99. The van der Waals surface area contributed by atoms with Gasteiger partial charge in [-0.3, -0.25) is 0 Å². The van der Waals surface area contributed by atoms with Crippen LogP contribution in [0.3, 0.4) is 0 Å². The molecule has 7 aromatic carbocycles. The summed E-state index contributed by atoms with van der Waals surface area (Å²) in [6.45, 7) is 0. The van der Waals surface area contributed by atoms with Crippen molar-refractivity contribution in [3.8, 4) is 45.8 Å². The summed E-state index contributed by atoms with van der Waals surface area (Å²) in [5.41, 5.74) is 11.5. The summed E-state index contributed by atoms with van der Waals surface area (Å²) in [6.07, 6.45) is 0. The first-order valence-corrected chi connectivity index (χ1v) is 15.9. The second kappa shape index (κ2) is 10.9. The largest absolute Gasteiger partial charge is 0.309 e. The zero-order chi connectivity index (χ0) is 32.2. The van der Waals surface area contributed by atoms with Crippen LogP contribution in [0.15, 0.2) is 158 Å². The highest BCUT2D eigenvalue weighted by Gasteiger charge is 2.19. The Morgan fingerprint density at radius 2 is 0.812 bits per heavy atom. The maximum atomic E-state index is 10.0. The minimum Gasteiger partial charge on any atom is -0.309 e. The molecule has 2 aromatic heterocycles. The molecule has 0 aliphatic heterocycles. The molecule has 0 aliphatic carbocycles. The van der Waals surface area contributed by atoms with E-state index in [4.69, 9.17) is 0 Å². The van der Waals surface area contributed by atoms with E-state index >= 15 is 0 Å². The predicted octanol–water partition coefficient (Wildman–Crippen LogP) is 11.0. The lowest BCUT2D eigenvalue weighted by Gasteiger charge is -2.18. The van der Waals surface area contributed by atoms with Crippen molar-refractivity contribution in [2.45, 2.75) is 0 Å². The van der Waals surface area contributed by atoms with Gasteiger partial charge < -0.3 is 9.13 Å². The standard InChI is InChI=1S/C44H26N4/c45-27-29-17-23-33(39-26-30(28-46)18-24-44(39)48-42-15-7-3-11-36(42)37-12-4-8-16-43(37)48)38(25-29)31-19-21-32(22-20-31)47-40-13-5-1-9-34(40)35-10-2-6-14-41(35)47/h1-26H. The maximum Gasteiger partial charge on any atom is 0.0991 e. The Morgan fingerprint density at radius 1 is 0.375 bits per heavy atom. The fraction of sp³-hybridized carbons (Fsp3) is 0. The molecule has 9 aromatic rings. The van der Waals surface area contributed by atoms with Crippen LogP contribution < -0.4 is 0 Å². The van der Waals surface area contributed by atoms with E-state index in [0.717, 1.165) is 55.7 Å². The van der Waals surface area contributed by atoms with Crippen molar-refractivity contribution in [1.29, 1.82) is 10.5 Å². The Labute approximate surface area is 277 Å². The highest BCUT2D eigenvalue weighted by Crippen LogP contribution is 2.41. The number of hydrogen-bond donors (Lipinski definition) is 0. The van der Waals surface area contributed by atoms with E-state index in [2.05, 4.69) is 143 Å². The molecule has 0 bridgehead atoms. The third-order valence-corrected chi connectivity index (χ3v) is 9.40. The van der Waals surface area contributed by atoms with Gasteiger partial charge in [-0.25, -0.2) is 0 Å². The number of nitrogens with zero attached hydrogens (tertiary/aromatic N) is 4. The summed E-state index contributed by atoms with van der Waals surface area (Å²) in [6, 6.07) is 58.8. The molecular formula is C44H26N4. The van der Waals surface area contributed by atoms with Crippen LogP contribution in [-0.2, 0) is 0 Å². The summed E-state index contributed by atoms with van der Waals surface area (Å²) in [7, 11) is 0. The van der Waals surface area contributed by atoms with Crippen LogP contribution in [0.5, 0.6) is 0 Å². The highest BCUT2D eigenvalue weighted by molar-refractivity contribution is 6.10. The fourth-order valence-electron chi connectivity index (χ4n) is 7.28. The molecule has 0 saturated heterocycles. The third kappa shape index (κ3) is 4.14. The van der Waals surface area contributed by atoms with Crippen LogP contribution in [0.2, 0.25) is 0 Å². The number of benzene rings is 7. The molecule has 0 fully saturated rings. The van der Waals surface area contributed by atoms with Gasteiger partial charge in [0.2, 0.25) is 0 Å². The summed E-state index contributed by atoms with van der Waals surface area (Å²) >= 11 is 0. The van der Waals surface area contributed by atoms with Gasteiger partial charge in [-0.15, -0.1) is 0 Å². The number of hydrogen-bond acceptors (Lipinski definition) is 2. The van der Waals surface area contributed by atoms with Crippen LogP contribution in [0.1, 0.15) is 11.1 Å². The Hall–Kier alpha value is -6.88. The predicted molar refractivity (Wildman–Crippen MR) is 195 cm³/mol. The SMILES string of the molecule is N#Cc1ccc(-c2cc(C#N)ccc2-n2c3ccccc3c3ccccc32)c(-c2ccc(-n3c4ccccc4c4ccccc43)cc2)c1. The summed E-state index contributed by atoms with van der Waals surface area (Å²) < 4.78 is 4.59. The topological polar surface area (TPSA) is 57.4 Å². The van der Waals surface area contributed by atoms with Gasteiger partial charge in [0.15, 0.2) is 0 Å². The smallest absolute Gasteiger partial charge is 0.0991 e. The van der Waals surface area contributed by atoms with Crippen LogP contribution in [0.25, 0.3) is 77.2 Å². The van der Waals surface area contributed by atoms with Crippen LogP contribution in [0, 0.1) is 22.7 Å². The van der Waals surface area contributed by atoms with Crippen molar-refractivity contribution in [1.82, 2.24) is 9.13 Å². The molecule has 4 heteroatoms. The number of fused-ring (bicyclic) bond motifs is 6. The molecule has 2 heterocycles. The molecule has 0 N–H and O–H groups in total. The zero-order valence-electron chi connectivity index (χ0n) is 25.8. The normalized spacial score (nSPS) is 11.3. The van der Waals surface area contributed by atoms with Gasteiger partial charge in [-0.1, -0.05) is 91.0 Å². The molecule has 48 heavy (non-hydrogen) atoms.